The number of hydrogen-bond donors (Lipinski definition) is 2. The molecule has 0 unspecified atom stereocenters. The quantitative estimate of drug-likeness (QED) is 0.824. The molecule has 1 heterocycles. The van der Waals surface area contributed by atoms with Crippen LogP contribution in [-0.4, -0.2) is 10.9 Å². The van der Waals surface area contributed by atoms with E-state index in [2.05, 4.69) is 54.6 Å². The zero-order chi connectivity index (χ0) is 18.0. The van der Waals surface area contributed by atoms with E-state index in [0.717, 1.165) is 11.4 Å². The van der Waals surface area contributed by atoms with Crippen molar-refractivity contribution >= 4 is 23.1 Å². The minimum atomic E-state index is -0.440. The molecule has 128 valence electrons. The van der Waals surface area contributed by atoms with E-state index in [1.807, 2.05) is 39.0 Å². The standard InChI is InChI=1S/C20H27N3O/c1-19(2,3)15-9-7-8-10-16(15)22-14-11-12-17(21-13-14)23-18(24)20(4,5)6/h7-13,22H,1-6H3,(H,21,23,24). The summed E-state index contributed by atoms with van der Waals surface area (Å²) in [6.45, 7) is 12.2. The van der Waals surface area contributed by atoms with Gasteiger partial charge >= 0.3 is 0 Å². The molecule has 2 aromatic rings. The lowest BCUT2D eigenvalue weighted by Gasteiger charge is -2.23. The Labute approximate surface area is 144 Å². The van der Waals surface area contributed by atoms with Crippen LogP contribution in [0.5, 0.6) is 0 Å². The van der Waals surface area contributed by atoms with Crippen molar-refractivity contribution in [3.8, 4) is 0 Å². The largest absolute Gasteiger partial charge is 0.354 e. The number of benzene rings is 1. The molecule has 0 aliphatic rings. The minimum Gasteiger partial charge on any atom is -0.354 e. The Morgan fingerprint density at radius 1 is 0.958 bits per heavy atom. The fourth-order valence-electron chi connectivity index (χ4n) is 2.25. The highest BCUT2D eigenvalue weighted by Gasteiger charge is 2.21. The van der Waals surface area contributed by atoms with Gasteiger partial charge in [0.05, 0.1) is 11.9 Å². The van der Waals surface area contributed by atoms with Crippen LogP contribution in [0.2, 0.25) is 0 Å². The van der Waals surface area contributed by atoms with Crippen LogP contribution >= 0.6 is 0 Å². The SMILES string of the molecule is CC(C)(C)C(=O)Nc1ccc(Nc2ccccc2C(C)(C)C)cn1. The lowest BCUT2D eigenvalue weighted by atomic mass is 9.86. The Balaban J connectivity index is 2.15. The first-order chi connectivity index (χ1) is 11.1. The molecule has 1 aromatic carbocycles. The van der Waals surface area contributed by atoms with Crippen molar-refractivity contribution in [2.75, 3.05) is 10.6 Å². The highest BCUT2D eigenvalue weighted by molar-refractivity contribution is 5.93. The summed E-state index contributed by atoms with van der Waals surface area (Å²) >= 11 is 0. The Morgan fingerprint density at radius 2 is 1.62 bits per heavy atom. The van der Waals surface area contributed by atoms with Crippen molar-refractivity contribution in [3.05, 3.63) is 48.2 Å². The number of amides is 1. The van der Waals surface area contributed by atoms with Crippen molar-refractivity contribution in [2.45, 2.75) is 47.0 Å². The predicted molar refractivity (Wildman–Crippen MR) is 101 cm³/mol. The van der Waals surface area contributed by atoms with Gasteiger partial charge in [-0.05, 0) is 29.2 Å². The number of carbonyl (C=O) groups is 1. The van der Waals surface area contributed by atoms with Crippen LogP contribution in [0.1, 0.15) is 47.1 Å². The topological polar surface area (TPSA) is 54.0 Å². The molecule has 0 bridgehead atoms. The average molecular weight is 325 g/mol. The molecule has 1 amide bonds. The second kappa shape index (κ2) is 6.63. The maximum Gasteiger partial charge on any atom is 0.230 e. The van der Waals surface area contributed by atoms with E-state index in [0.29, 0.717) is 5.82 Å². The van der Waals surface area contributed by atoms with Gasteiger partial charge < -0.3 is 10.6 Å². The number of anilines is 3. The molecule has 4 heteroatoms. The summed E-state index contributed by atoms with van der Waals surface area (Å²) in [7, 11) is 0. The molecule has 24 heavy (non-hydrogen) atoms. The minimum absolute atomic E-state index is 0.0474. The van der Waals surface area contributed by atoms with E-state index in [9.17, 15) is 4.79 Å². The van der Waals surface area contributed by atoms with Crippen molar-refractivity contribution in [3.63, 3.8) is 0 Å². The number of carbonyl (C=O) groups excluding carboxylic acids is 1. The Kier molecular flexibility index (Phi) is 4.97. The van der Waals surface area contributed by atoms with Gasteiger partial charge in [-0.1, -0.05) is 59.7 Å². The smallest absolute Gasteiger partial charge is 0.230 e. The molecule has 2 N–H and O–H groups in total. The summed E-state index contributed by atoms with van der Waals surface area (Å²) in [6, 6.07) is 12.0. The molecule has 0 saturated carbocycles. The maximum absolute atomic E-state index is 12.0. The zero-order valence-corrected chi connectivity index (χ0v) is 15.4. The molecule has 0 spiro atoms. The van der Waals surface area contributed by atoms with Crippen LogP contribution in [0.4, 0.5) is 17.2 Å². The van der Waals surface area contributed by atoms with Gasteiger partial charge in [-0.15, -0.1) is 0 Å². The molecular formula is C20H27N3O. The molecule has 1 aromatic heterocycles. The van der Waals surface area contributed by atoms with Gasteiger partial charge in [0, 0.05) is 11.1 Å². The third-order valence-electron chi connectivity index (χ3n) is 3.70. The molecule has 0 saturated heterocycles. The van der Waals surface area contributed by atoms with Crippen molar-refractivity contribution < 1.29 is 4.79 Å². The number of rotatable bonds is 3. The lowest BCUT2D eigenvalue weighted by Crippen LogP contribution is -2.27. The van der Waals surface area contributed by atoms with Crippen LogP contribution in [0.25, 0.3) is 0 Å². The third kappa shape index (κ3) is 4.57. The maximum atomic E-state index is 12.0. The van der Waals surface area contributed by atoms with Gasteiger partial charge in [0.2, 0.25) is 5.91 Å². The van der Waals surface area contributed by atoms with Gasteiger partial charge in [-0.3, -0.25) is 4.79 Å². The molecule has 0 fully saturated rings. The molecule has 0 aliphatic carbocycles. The van der Waals surface area contributed by atoms with E-state index in [1.165, 1.54) is 5.56 Å². The molecule has 0 radical (unpaired) electrons. The second-order valence-corrected chi connectivity index (χ2v) is 8.06. The van der Waals surface area contributed by atoms with Crippen LogP contribution in [0, 0.1) is 5.41 Å². The highest BCUT2D eigenvalue weighted by atomic mass is 16.2. The summed E-state index contributed by atoms with van der Waals surface area (Å²) in [5, 5.41) is 6.25. The first-order valence-corrected chi connectivity index (χ1v) is 8.21. The first kappa shape index (κ1) is 18.0. The molecule has 0 aliphatic heterocycles. The number of nitrogens with zero attached hydrogens (tertiary/aromatic N) is 1. The van der Waals surface area contributed by atoms with E-state index >= 15 is 0 Å². The number of aromatic nitrogens is 1. The number of para-hydroxylation sites is 1. The van der Waals surface area contributed by atoms with Crippen molar-refractivity contribution in [1.82, 2.24) is 4.98 Å². The molecule has 4 nitrogen and oxygen atoms in total. The summed E-state index contributed by atoms with van der Waals surface area (Å²) in [5.41, 5.74) is 2.82. The van der Waals surface area contributed by atoms with E-state index in [-0.39, 0.29) is 11.3 Å². The Morgan fingerprint density at radius 3 is 2.17 bits per heavy atom. The van der Waals surface area contributed by atoms with E-state index in [1.54, 1.807) is 6.20 Å². The van der Waals surface area contributed by atoms with Gasteiger partial charge in [0.25, 0.3) is 0 Å². The number of pyridine rings is 1. The first-order valence-electron chi connectivity index (χ1n) is 8.21. The number of nitrogens with one attached hydrogen (secondary N) is 2. The Hall–Kier alpha value is -2.36. The third-order valence-corrected chi connectivity index (χ3v) is 3.70. The van der Waals surface area contributed by atoms with Gasteiger partial charge in [0.1, 0.15) is 5.82 Å². The predicted octanol–water partition coefficient (Wildman–Crippen LogP) is 5.11. The lowest BCUT2D eigenvalue weighted by molar-refractivity contribution is -0.123. The van der Waals surface area contributed by atoms with Crippen molar-refractivity contribution in [2.24, 2.45) is 5.41 Å². The van der Waals surface area contributed by atoms with Crippen LogP contribution in [-0.2, 0) is 10.2 Å². The normalized spacial score (nSPS) is 11.9. The van der Waals surface area contributed by atoms with Gasteiger partial charge in [0.15, 0.2) is 0 Å². The fraction of sp³-hybridized carbons (Fsp3) is 0.400. The highest BCUT2D eigenvalue weighted by Crippen LogP contribution is 2.31. The summed E-state index contributed by atoms with van der Waals surface area (Å²) in [5.74, 6) is 0.512. The summed E-state index contributed by atoms with van der Waals surface area (Å²) in [4.78, 5) is 16.3. The fourth-order valence-corrected chi connectivity index (χ4v) is 2.25. The summed E-state index contributed by atoms with van der Waals surface area (Å²) in [6.07, 6.45) is 1.73. The zero-order valence-electron chi connectivity index (χ0n) is 15.4. The Bertz CT molecular complexity index is 707. The molecular weight excluding hydrogens is 298 g/mol. The monoisotopic (exact) mass is 325 g/mol. The second-order valence-electron chi connectivity index (χ2n) is 8.06. The van der Waals surface area contributed by atoms with E-state index < -0.39 is 5.41 Å². The average Bonchev–Trinajstić information content (AvgIpc) is 2.48. The molecule has 2 rings (SSSR count). The van der Waals surface area contributed by atoms with Crippen molar-refractivity contribution in [1.29, 1.82) is 0 Å². The summed E-state index contributed by atoms with van der Waals surface area (Å²) < 4.78 is 0. The van der Waals surface area contributed by atoms with E-state index in [4.69, 9.17) is 0 Å². The van der Waals surface area contributed by atoms with Crippen LogP contribution in [0.15, 0.2) is 42.6 Å². The van der Waals surface area contributed by atoms with Gasteiger partial charge in [-0.2, -0.15) is 0 Å². The number of hydrogen-bond acceptors (Lipinski definition) is 3. The van der Waals surface area contributed by atoms with Crippen LogP contribution in [0.3, 0.4) is 0 Å². The van der Waals surface area contributed by atoms with Gasteiger partial charge in [-0.25, -0.2) is 4.98 Å². The van der Waals surface area contributed by atoms with Crippen LogP contribution < -0.4 is 10.6 Å². The molecule has 0 atom stereocenters.